The van der Waals surface area contributed by atoms with Crippen LogP contribution in [0.5, 0.6) is 0 Å². The van der Waals surface area contributed by atoms with Gasteiger partial charge in [-0.3, -0.25) is 37.3 Å². The van der Waals surface area contributed by atoms with Crippen LogP contribution < -0.4 is 0 Å². The summed E-state index contributed by atoms with van der Waals surface area (Å²) in [5.74, 6) is 0.897. The number of carbonyl (C=O) groups is 4. The number of phosphoric ester groups is 2. The molecule has 0 bridgehead atoms. The predicted molar refractivity (Wildman–Crippen MR) is 377 cm³/mol. The molecule has 0 saturated carbocycles. The number of ether oxygens (including phenoxy) is 4. The molecule has 93 heavy (non-hydrogen) atoms. The van der Waals surface area contributed by atoms with Crippen molar-refractivity contribution < 1.29 is 80.2 Å². The lowest BCUT2D eigenvalue weighted by Gasteiger charge is -2.21. The summed E-state index contributed by atoms with van der Waals surface area (Å²) in [7, 11) is -9.91. The van der Waals surface area contributed by atoms with Crippen molar-refractivity contribution in [1.29, 1.82) is 0 Å². The third kappa shape index (κ3) is 67.0. The summed E-state index contributed by atoms with van der Waals surface area (Å²) >= 11 is 0. The molecule has 0 aromatic rings. The predicted octanol–water partition coefficient (Wildman–Crippen LogP) is 21.3. The van der Waals surface area contributed by atoms with Gasteiger partial charge < -0.3 is 33.8 Å². The highest BCUT2D eigenvalue weighted by Gasteiger charge is 2.30. The molecule has 6 atom stereocenters. The van der Waals surface area contributed by atoms with Gasteiger partial charge in [0.2, 0.25) is 0 Å². The number of hydrogen-bond donors (Lipinski definition) is 3. The fourth-order valence-corrected chi connectivity index (χ4v) is 12.7. The number of phosphoric acid groups is 2. The summed E-state index contributed by atoms with van der Waals surface area (Å²) in [5, 5.41) is 10.6. The van der Waals surface area contributed by atoms with Crippen LogP contribution in [0, 0.1) is 23.7 Å². The van der Waals surface area contributed by atoms with Gasteiger partial charge in [-0.25, -0.2) is 9.13 Å². The summed E-state index contributed by atoms with van der Waals surface area (Å²) in [4.78, 5) is 72.7. The number of carbonyl (C=O) groups excluding carboxylic acids is 4. The topological polar surface area (TPSA) is 237 Å². The van der Waals surface area contributed by atoms with Gasteiger partial charge in [-0.15, -0.1) is 0 Å². The zero-order valence-corrected chi connectivity index (χ0v) is 62.7. The van der Waals surface area contributed by atoms with Crippen LogP contribution >= 0.6 is 15.6 Å². The largest absolute Gasteiger partial charge is 0.472 e. The van der Waals surface area contributed by atoms with Gasteiger partial charge in [0.25, 0.3) is 0 Å². The Hall–Kier alpha value is -1.94. The van der Waals surface area contributed by atoms with Crippen LogP contribution in [0.25, 0.3) is 0 Å². The van der Waals surface area contributed by atoms with Crippen molar-refractivity contribution >= 4 is 39.5 Å². The number of unbranched alkanes of at least 4 members (excludes halogenated alkanes) is 36. The molecule has 552 valence electrons. The van der Waals surface area contributed by atoms with Crippen molar-refractivity contribution in [1.82, 2.24) is 0 Å². The first-order valence-corrected chi connectivity index (χ1v) is 41.2. The molecular formula is C74H144O17P2. The molecule has 3 unspecified atom stereocenters. The SMILES string of the molecule is CCC(C)CCCCCCCCCCCCCCCCC(=O)OC[C@H](COP(=O)(O)OC[C@@H](O)COP(=O)(O)OC[C@@H](COC(=O)CCCCCCCCC(C)C)OC(=O)CCCCCCCCCCCCCCC(C)C)OC(=O)CCCCCCCCCCC(C)C. The van der Waals surface area contributed by atoms with Crippen LogP contribution in [0.15, 0.2) is 0 Å². The van der Waals surface area contributed by atoms with E-state index in [0.717, 1.165) is 114 Å². The van der Waals surface area contributed by atoms with Crippen LogP contribution in [-0.4, -0.2) is 96.7 Å². The van der Waals surface area contributed by atoms with E-state index in [4.69, 9.17) is 37.0 Å². The highest BCUT2D eigenvalue weighted by atomic mass is 31.2. The third-order valence-corrected chi connectivity index (χ3v) is 19.3. The molecule has 3 N–H and O–H groups in total. The highest BCUT2D eigenvalue weighted by Crippen LogP contribution is 2.45. The van der Waals surface area contributed by atoms with Crippen molar-refractivity contribution in [2.75, 3.05) is 39.6 Å². The maximum Gasteiger partial charge on any atom is 0.472 e. The molecule has 0 aliphatic carbocycles. The van der Waals surface area contributed by atoms with Gasteiger partial charge in [0, 0.05) is 25.7 Å². The maximum atomic E-state index is 13.0. The van der Waals surface area contributed by atoms with Crippen molar-refractivity contribution in [3.8, 4) is 0 Å². The Morgan fingerprint density at radius 1 is 0.301 bits per heavy atom. The second-order valence-corrected chi connectivity index (χ2v) is 31.3. The number of rotatable bonds is 71. The number of esters is 4. The minimum absolute atomic E-state index is 0.104. The Balaban J connectivity index is 5.20. The monoisotopic (exact) mass is 1370 g/mol. The van der Waals surface area contributed by atoms with Crippen LogP contribution in [0.3, 0.4) is 0 Å². The Morgan fingerprint density at radius 2 is 0.516 bits per heavy atom. The lowest BCUT2D eigenvalue weighted by molar-refractivity contribution is -0.161. The number of hydrogen-bond acceptors (Lipinski definition) is 15. The fourth-order valence-electron chi connectivity index (χ4n) is 11.2. The Morgan fingerprint density at radius 3 is 0.763 bits per heavy atom. The van der Waals surface area contributed by atoms with Gasteiger partial charge in [0.05, 0.1) is 26.4 Å². The van der Waals surface area contributed by atoms with Crippen molar-refractivity contribution in [3.05, 3.63) is 0 Å². The van der Waals surface area contributed by atoms with E-state index < -0.39 is 97.5 Å². The van der Waals surface area contributed by atoms with E-state index in [1.807, 2.05) is 0 Å². The van der Waals surface area contributed by atoms with E-state index in [0.29, 0.717) is 31.6 Å². The third-order valence-electron chi connectivity index (χ3n) is 17.4. The average Bonchev–Trinajstić information content (AvgIpc) is 3.60. The maximum absolute atomic E-state index is 13.0. The normalized spacial score (nSPS) is 14.5. The molecule has 0 amide bonds. The van der Waals surface area contributed by atoms with E-state index >= 15 is 0 Å². The molecule has 0 rings (SSSR count). The Labute approximate surface area is 568 Å². The minimum Gasteiger partial charge on any atom is -0.462 e. The average molecular weight is 1370 g/mol. The number of aliphatic hydroxyl groups excluding tert-OH is 1. The highest BCUT2D eigenvalue weighted by molar-refractivity contribution is 7.47. The van der Waals surface area contributed by atoms with E-state index in [9.17, 15) is 43.2 Å². The van der Waals surface area contributed by atoms with E-state index in [-0.39, 0.29) is 25.7 Å². The zero-order chi connectivity index (χ0) is 68.9. The molecule has 17 nitrogen and oxygen atoms in total. The van der Waals surface area contributed by atoms with Crippen LogP contribution in [-0.2, 0) is 65.4 Å². The van der Waals surface area contributed by atoms with Gasteiger partial charge in [0.1, 0.15) is 19.3 Å². The van der Waals surface area contributed by atoms with Gasteiger partial charge in [-0.2, -0.15) is 0 Å². The molecule has 0 radical (unpaired) electrons. The van der Waals surface area contributed by atoms with Crippen LogP contribution in [0.2, 0.25) is 0 Å². The van der Waals surface area contributed by atoms with Gasteiger partial charge in [-0.05, 0) is 49.4 Å². The smallest absolute Gasteiger partial charge is 0.462 e. The molecule has 19 heteroatoms. The lowest BCUT2D eigenvalue weighted by Crippen LogP contribution is -2.30. The van der Waals surface area contributed by atoms with Crippen LogP contribution in [0.4, 0.5) is 0 Å². The minimum atomic E-state index is -4.95. The summed E-state index contributed by atoms with van der Waals surface area (Å²) in [6.45, 7) is 14.1. The van der Waals surface area contributed by atoms with Gasteiger partial charge in [-0.1, -0.05) is 319 Å². The van der Waals surface area contributed by atoms with Gasteiger partial charge >= 0.3 is 39.5 Å². The van der Waals surface area contributed by atoms with Crippen molar-refractivity contribution in [2.24, 2.45) is 23.7 Å². The molecule has 0 aliphatic heterocycles. The van der Waals surface area contributed by atoms with Gasteiger partial charge in [0.15, 0.2) is 12.2 Å². The Bertz CT molecular complexity index is 1840. The van der Waals surface area contributed by atoms with Crippen molar-refractivity contribution in [3.63, 3.8) is 0 Å². The summed E-state index contributed by atoms with van der Waals surface area (Å²) < 4.78 is 68.4. The van der Waals surface area contributed by atoms with E-state index in [1.165, 1.54) is 167 Å². The molecule has 0 aromatic carbocycles. The molecule has 0 saturated heterocycles. The summed E-state index contributed by atoms with van der Waals surface area (Å²) in [6, 6.07) is 0. The second-order valence-electron chi connectivity index (χ2n) is 28.4. The Kier molecular flexibility index (Phi) is 62.2. The first kappa shape index (κ1) is 91.1. The quantitative estimate of drug-likeness (QED) is 0.0222. The first-order chi connectivity index (χ1) is 44.6. The zero-order valence-electron chi connectivity index (χ0n) is 60.9. The molecule has 0 aromatic heterocycles. The van der Waals surface area contributed by atoms with E-state index in [1.54, 1.807) is 0 Å². The van der Waals surface area contributed by atoms with Crippen LogP contribution in [0.1, 0.15) is 370 Å². The fraction of sp³-hybridized carbons (Fsp3) is 0.946. The molecule has 0 heterocycles. The molecule has 0 spiro atoms. The van der Waals surface area contributed by atoms with E-state index in [2.05, 4.69) is 55.4 Å². The summed E-state index contributed by atoms with van der Waals surface area (Å²) in [6.07, 6.45) is 47.4. The molecular weight excluding hydrogens is 1220 g/mol. The molecule has 0 aliphatic rings. The number of aliphatic hydroxyl groups is 1. The summed E-state index contributed by atoms with van der Waals surface area (Å²) in [5.41, 5.74) is 0. The second kappa shape index (κ2) is 63.5. The molecule has 0 fully saturated rings. The standard InChI is InChI=1S/C74H144O17P2/c1-9-67(8)53-45-37-28-21-17-12-10-11-13-18-22-29-38-46-54-71(76)84-60-69(91-74(79)57-49-41-31-25-24-27-35-43-51-65(4)5)62-88-92(80,81)86-58-68(75)59-87-93(82,83)89-63-70(61-85-72(77)55-47-39-33-32-36-44-52-66(6)7)90-73(78)56-48-40-30-23-19-15-14-16-20-26-34-42-50-64(2)3/h64-70,75H,9-63H2,1-8H3,(H,80,81)(H,82,83)/t67?,68-,69-,70-/m1/s1. The first-order valence-electron chi connectivity index (χ1n) is 38.2. The van der Waals surface area contributed by atoms with Crippen molar-refractivity contribution in [2.45, 2.75) is 388 Å². The lowest BCUT2D eigenvalue weighted by atomic mass is 9.99.